The molecular weight excluding hydrogens is 340 g/mol. The number of aryl methyl sites for hydroxylation is 2. The maximum atomic E-state index is 9.56. The zero-order chi connectivity index (χ0) is 19.9. The Balaban J connectivity index is 1.93. The van der Waals surface area contributed by atoms with E-state index in [0.29, 0.717) is 11.1 Å². The highest BCUT2D eigenvalue weighted by atomic mass is 14.3. The van der Waals surface area contributed by atoms with Crippen LogP contribution in [0.25, 0.3) is 24.3 Å². The van der Waals surface area contributed by atoms with Gasteiger partial charge >= 0.3 is 0 Å². The fraction of sp³-hybridized carbons (Fsp3) is 0.0769. The van der Waals surface area contributed by atoms with Gasteiger partial charge in [0.2, 0.25) is 0 Å². The number of hydrogen-bond acceptors (Lipinski definition) is 2. The van der Waals surface area contributed by atoms with Crippen LogP contribution in [0.5, 0.6) is 0 Å². The van der Waals surface area contributed by atoms with Crippen LogP contribution in [0.15, 0.2) is 60.7 Å². The van der Waals surface area contributed by atoms with Crippen molar-refractivity contribution in [3.05, 3.63) is 105 Å². The van der Waals surface area contributed by atoms with Crippen molar-refractivity contribution in [1.29, 1.82) is 10.5 Å². The molecule has 3 rings (SSSR count). The molecule has 0 saturated heterocycles. The highest BCUT2D eigenvalue weighted by Crippen LogP contribution is 2.21. The lowest BCUT2D eigenvalue weighted by Crippen LogP contribution is -1.90. The first-order chi connectivity index (χ1) is 13.6. The predicted octanol–water partition coefficient (Wildman–Crippen LogP) is 6.39. The van der Waals surface area contributed by atoms with E-state index in [9.17, 15) is 10.5 Å². The average Bonchev–Trinajstić information content (AvgIpc) is 2.72. The SMILES string of the molecule is Cc1ccc(/C=C/c2cc(C#N)c(/C=C/c3ccc(C)cc3)cc2C#N)cc1. The first-order valence-corrected chi connectivity index (χ1v) is 9.07. The number of nitrogens with zero attached hydrogens (tertiary/aromatic N) is 2. The van der Waals surface area contributed by atoms with Crippen molar-refractivity contribution >= 4 is 24.3 Å². The summed E-state index contributed by atoms with van der Waals surface area (Å²) in [6.45, 7) is 4.09. The summed E-state index contributed by atoms with van der Waals surface area (Å²) < 4.78 is 0. The summed E-state index contributed by atoms with van der Waals surface area (Å²) in [6, 6.07) is 24.3. The van der Waals surface area contributed by atoms with Gasteiger partial charge in [-0.2, -0.15) is 10.5 Å². The van der Waals surface area contributed by atoms with Gasteiger partial charge in [0.25, 0.3) is 0 Å². The van der Waals surface area contributed by atoms with Crippen molar-refractivity contribution < 1.29 is 0 Å². The van der Waals surface area contributed by atoms with E-state index in [1.807, 2.05) is 86.7 Å². The lowest BCUT2D eigenvalue weighted by molar-refractivity contribution is 1.42. The Hall–Kier alpha value is -3.88. The van der Waals surface area contributed by atoms with E-state index in [-0.39, 0.29) is 0 Å². The van der Waals surface area contributed by atoms with E-state index >= 15 is 0 Å². The highest BCUT2D eigenvalue weighted by Gasteiger charge is 2.06. The molecule has 0 heterocycles. The average molecular weight is 360 g/mol. The van der Waals surface area contributed by atoms with Gasteiger partial charge in [0, 0.05) is 0 Å². The smallest absolute Gasteiger partial charge is 0.0998 e. The van der Waals surface area contributed by atoms with Gasteiger partial charge in [-0.25, -0.2) is 0 Å². The minimum atomic E-state index is 0.547. The second-order valence-electron chi connectivity index (χ2n) is 6.74. The van der Waals surface area contributed by atoms with Crippen LogP contribution in [-0.2, 0) is 0 Å². The van der Waals surface area contributed by atoms with Gasteiger partial charge in [0.05, 0.1) is 23.3 Å². The second kappa shape index (κ2) is 8.67. The van der Waals surface area contributed by atoms with Crippen LogP contribution in [0.1, 0.15) is 44.5 Å². The Labute approximate surface area is 166 Å². The van der Waals surface area contributed by atoms with Crippen LogP contribution < -0.4 is 0 Å². The van der Waals surface area contributed by atoms with Crippen molar-refractivity contribution in [2.24, 2.45) is 0 Å². The van der Waals surface area contributed by atoms with Crippen molar-refractivity contribution in [3.8, 4) is 12.1 Å². The summed E-state index contributed by atoms with van der Waals surface area (Å²) in [5.41, 5.74) is 7.08. The molecule has 2 nitrogen and oxygen atoms in total. The fourth-order valence-electron chi connectivity index (χ4n) is 2.83. The Morgan fingerprint density at radius 1 is 0.571 bits per heavy atom. The summed E-state index contributed by atoms with van der Waals surface area (Å²) >= 11 is 0. The zero-order valence-electron chi connectivity index (χ0n) is 16.0. The summed E-state index contributed by atoms with van der Waals surface area (Å²) in [6.07, 6.45) is 7.69. The number of rotatable bonds is 4. The number of hydrogen-bond donors (Lipinski definition) is 0. The summed E-state index contributed by atoms with van der Waals surface area (Å²) in [5, 5.41) is 19.1. The van der Waals surface area contributed by atoms with Gasteiger partial charge in [0.1, 0.15) is 0 Å². The van der Waals surface area contributed by atoms with Crippen molar-refractivity contribution in [2.45, 2.75) is 13.8 Å². The van der Waals surface area contributed by atoms with E-state index in [2.05, 4.69) is 12.1 Å². The van der Waals surface area contributed by atoms with Crippen LogP contribution >= 0.6 is 0 Å². The molecule has 0 bridgehead atoms. The quantitative estimate of drug-likeness (QED) is 0.506. The molecule has 0 unspecified atom stereocenters. The van der Waals surface area contributed by atoms with Crippen LogP contribution in [0.3, 0.4) is 0 Å². The van der Waals surface area contributed by atoms with Crippen molar-refractivity contribution in [2.75, 3.05) is 0 Å². The molecule has 134 valence electrons. The van der Waals surface area contributed by atoms with Crippen LogP contribution in [0.2, 0.25) is 0 Å². The molecule has 0 radical (unpaired) electrons. The molecule has 0 aliphatic rings. The lowest BCUT2D eigenvalue weighted by atomic mass is 9.97. The van der Waals surface area contributed by atoms with Gasteiger partial charge < -0.3 is 0 Å². The van der Waals surface area contributed by atoms with E-state index in [0.717, 1.165) is 22.3 Å². The molecule has 2 heteroatoms. The Bertz CT molecular complexity index is 1020. The van der Waals surface area contributed by atoms with Gasteiger partial charge in [-0.05, 0) is 48.2 Å². The predicted molar refractivity (Wildman–Crippen MR) is 116 cm³/mol. The van der Waals surface area contributed by atoms with E-state index in [1.54, 1.807) is 12.1 Å². The Morgan fingerprint density at radius 2 is 0.929 bits per heavy atom. The molecule has 0 fully saturated rings. The Kier molecular flexibility index (Phi) is 5.85. The van der Waals surface area contributed by atoms with E-state index in [1.165, 1.54) is 11.1 Å². The summed E-state index contributed by atoms with van der Waals surface area (Å²) in [5.74, 6) is 0. The van der Waals surface area contributed by atoms with Crippen LogP contribution in [0, 0.1) is 36.5 Å². The minimum Gasteiger partial charge on any atom is -0.192 e. The van der Waals surface area contributed by atoms with Crippen LogP contribution in [0.4, 0.5) is 0 Å². The monoisotopic (exact) mass is 360 g/mol. The molecule has 0 amide bonds. The largest absolute Gasteiger partial charge is 0.192 e. The standard InChI is InChI=1S/C26H20N2/c1-19-3-7-21(8-4-19)11-13-23-15-26(18-28)24(16-25(23)17-27)14-12-22-9-5-20(2)6-10-22/h3-16H,1-2H3/b13-11+,14-12+. The molecule has 0 spiro atoms. The second-order valence-corrected chi connectivity index (χ2v) is 6.74. The molecule has 0 N–H and O–H groups in total. The number of nitriles is 2. The minimum absolute atomic E-state index is 0.547. The first kappa shape index (κ1) is 18.9. The molecule has 3 aromatic rings. The van der Waals surface area contributed by atoms with Crippen molar-refractivity contribution in [3.63, 3.8) is 0 Å². The topological polar surface area (TPSA) is 47.6 Å². The third kappa shape index (κ3) is 4.64. The molecule has 0 aromatic heterocycles. The molecule has 3 aromatic carbocycles. The van der Waals surface area contributed by atoms with Gasteiger partial charge in [-0.1, -0.05) is 84.0 Å². The summed E-state index contributed by atoms with van der Waals surface area (Å²) in [7, 11) is 0. The molecule has 0 aliphatic heterocycles. The van der Waals surface area contributed by atoms with Gasteiger partial charge in [0.15, 0.2) is 0 Å². The summed E-state index contributed by atoms with van der Waals surface area (Å²) in [4.78, 5) is 0. The van der Waals surface area contributed by atoms with E-state index < -0.39 is 0 Å². The first-order valence-electron chi connectivity index (χ1n) is 9.07. The van der Waals surface area contributed by atoms with Crippen LogP contribution in [-0.4, -0.2) is 0 Å². The van der Waals surface area contributed by atoms with Gasteiger partial charge in [-0.3, -0.25) is 0 Å². The lowest BCUT2D eigenvalue weighted by Gasteiger charge is -2.04. The van der Waals surface area contributed by atoms with Gasteiger partial charge in [-0.15, -0.1) is 0 Å². The normalized spacial score (nSPS) is 10.9. The molecule has 0 atom stereocenters. The Morgan fingerprint density at radius 3 is 1.25 bits per heavy atom. The third-order valence-corrected chi connectivity index (χ3v) is 4.53. The molecule has 0 aliphatic carbocycles. The van der Waals surface area contributed by atoms with E-state index in [4.69, 9.17) is 0 Å². The van der Waals surface area contributed by atoms with Crippen molar-refractivity contribution in [1.82, 2.24) is 0 Å². The zero-order valence-corrected chi connectivity index (χ0v) is 16.0. The third-order valence-electron chi connectivity index (χ3n) is 4.53. The number of benzene rings is 3. The molecular formula is C26H20N2. The maximum Gasteiger partial charge on any atom is 0.0998 e. The highest BCUT2D eigenvalue weighted by molar-refractivity contribution is 5.78. The molecule has 28 heavy (non-hydrogen) atoms. The molecule has 0 saturated carbocycles. The maximum absolute atomic E-state index is 9.56. The fourth-order valence-corrected chi connectivity index (χ4v) is 2.83.